The van der Waals surface area contributed by atoms with Crippen molar-refractivity contribution in [2.45, 2.75) is 18.7 Å². The van der Waals surface area contributed by atoms with Gasteiger partial charge in [0.2, 0.25) is 0 Å². The Bertz CT molecular complexity index is 949. The molecule has 2 rings (SSSR count). The minimum atomic E-state index is -3.86. The fourth-order valence-corrected chi connectivity index (χ4v) is 3.61. The van der Waals surface area contributed by atoms with E-state index in [1.807, 2.05) is 6.92 Å². The molecule has 136 valence electrons. The van der Waals surface area contributed by atoms with Crippen molar-refractivity contribution < 1.29 is 23.1 Å². The number of benzene rings is 2. The van der Waals surface area contributed by atoms with Crippen molar-refractivity contribution in [1.29, 1.82) is 0 Å². The van der Waals surface area contributed by atoms with Crippen LogP contribution in [-0.2, 0) is 19.4 Å². The summed E-state index contributed by atoms with van der Waals surface area (Å²) in [6.45, 7) is 3.16. The molecule has 0 aliphatic rings. The summed E-state index contributed by atoms with van der Waals surface area (Å²) >= 11 is 0. The molecule has 0 atom stereocenters. The Morgan fingerprint density at radius 2 is 1.62 bits per heavy atom. The van der Waals surface area contributed by atoms with Crippen LogP contribution in [0.2, 0.25) is 0 Å². The second kappa shape index (κ2) is 8.01. The van der Waals surface area contributed by atoms with Gasteiger partial charge < -0.3 is 9.84 Å². The van der Waals surface area contributed by atoms with Gasteiger partial charge in [0.15, 0.2) is 9.84 Å². The number of carbonyl (C=O) groups excluding carboxylic acids is 1. The number of rotatable bonds is 5. The van der Waals surface area contributed by atoms with Crippen LogP contribution >= 0.6 is 0 Å². The monoisotopic (exact) mass is 372 g/mol. The molecule has 0 aromatic heterocycles. The first-order chi connectivity index (χ1) is 12.3. The predicted molar refractivity (Wildman–Crippen MR) is 100 cm³/mol. The van der Waals surface area contributed by atoms with E-state index in [9.17, 15) is 18.3 Å². The molecule has 0 spiro atoms. The van der Waals surface area contributed by atoms with Crippen LogP contribution in [0.1, 0.15) is 18.1 Å². The average molecular weight is 372 g/mol. The molecule has 2 aromatic carbocycles. The number of allylic oxidation sites excluding steroid dienone is 1. The summed E-state index contributed by atoms with van der Waals surface area (Å²) in [5.41, 5.74) is 1.27. The fraction of sp³-hybridized carbons (Fsp3) is 0.150. The third-order valence-electron chi connectivity index (χ3n) is 3.73. The second-order valence-electron chi connectivity index (χ2n) is 5.71. The van der Waals surface area contributed by atoms with Gasteiger partial charge >= 0.3 is 5.97 Å². The normalized spacial score (nSPS) is 13.1. The molecule has 0 bridgehead atoms. The van der Waals surface area contributed by atoms with Gasteiger partial charge in [-0.1, -0.05) is 48.0 Å². The maximum Gasteiger partial charge on any atom is 0.341 e. The standard InChI is InChI=1S/C20H20O5S/c1-14-9-11-17(12-10-14)26(23,24)13-18(16-7-5-4-6-8-16)19(15(2)21)20(22)25-3/h4-13,21H,1-3H3/b18-13-,19-15-. The number of aryl methyl sites for hydroxylation is 1. The molecule has 0 saturated heterocycles. The first kappa shape index (κ1) is 19.5. The van der Waals surface area contributed by atoms with Crippen molar-refractivity contribution in [3.05, 3.63) is 82.5 Å². The molecule has 0 radical (unpaired) electrons. The van der Waals surface area contributed by atoms with E-state index >= 15 is 0 Å². The van der Waals surface area contributed by atoms with Gasteiger partial charge in [-0.3, -0.25) is 0 Å². The number of hydrogen-bond donors (Lipinski definition) is 1. The van der Waals surface area contributed by atoms with Gasteiger partial charge in [-0.2, -0.15) is 0 Å². The number of aliphatic hydroxyl groups is 1. The summed E-state index contributed by atoms with van der Waals surface area (Å²) in [5.74, 6) is -1.15. The Hall–Kier alpha value is -2.86. The molecule has 0 heterocycles. The maximum atomic E-state index is 12.8. The lowest BCUT2D eigenvalue weighted by atomic mass is 9.99. The summed E-state index contributed by atoms with van der Waals surface area (Å²) in [7, 11) is -2.69. The highest BCUT2D eigenvalue weighted by molar-refractivity contribution is 7.94. The zero-order valence-electron chi connectivity index (χ0n) is 14.8. The van der Waals surface area contributed by atoms with E-state index < -0.39 is 15.8 Å². The van der Waals surface area contributed by atoms with Crippen LogP contribution in [0.15, 0.2) is 76.2 Å². The third kappa shape index (κ3) is 4.40. The lowest BCUT2D eigenvalue weighted by Crippen LogP contribution is -2.11. The second-order valence-corrected chi connectivity index (χ2v) is 7.50. The van der Waals surface area contributed by atoms with E-state index in [2.05, 4.69) is 0 Å². The van der Waals surface area contributed by atoms with Gasteiger partial charge in [0.05, 0.1) is 12.0 Å². The minimum Gasteiger partial charge on any atom is -0.512 e. The van der Waals surface area contributed by atoms with Gasteiger partial charge in [-0.15, -0.1) is 0 Å². The molecule has 0 aliphatic carbocycles. The van der Waals surface area contributed by atoms with Gasteiger partial charge in [-0.05, 0) is 31.5 Å². The Kier molecular flexibility index (Phi) is 6.00. The van der Waals surface area contributed by atoms with Crippen LogP contribution in [0.4, 0.5) is 0 Å². The van der Waals surface area contributed by atoms with E-state index in [0.29, 0.717) is 5.56 Å². The molecule has 1 N–H and O–H groups in total. The molecule has 0 unspecified atom stereocenters. The minimum absolute atomic E-state index is 0.0676. The third-order valence-corrected chi connectivity index (χ3v) is 5.20. The van der Waals surface area contributed by atoms with Crippen LogP contribution in [-0.4, -0.2) is 26.6 Å². The van der Waals surface area contributed by atoms with Crippen molar-refractivity contribution in [3.8, 4) is 0 Å². The molecule has 5 nitrogen and oxygen atoms in total. The average Bonchev–Trinajstić information content (AvgIpc) is 2.61. The van der Waals surface area contributed by atoms with E-state index in [4.69, 9.17) is 4.74 Å². The predicted octanol–water partition coefficient (Wildman–Crippen LogP) is 3.81. The van der Waals surface area contributed by atoms with Gasteiger partial charge in [0.1, 0.15) is 11.3 Å². The zero-order chi connectivity index (χ0) is 19.3. The van der Waals surface area contributed by atoms with E-state index in [1.54, 1.807) is 42.5 Å². The number of hydrogen-bond acceptors (Lipinski definition) is 5. The first-order valence-electron chi connectivity index (χ1n) is 7.83. The number of sulfone groups is 1. The molecular weight excluding hydrogens is 352 g/mol. The summed E-state index contributed by atoms with van der Waals surface area (Å²) in [4.78, 5) is 12.3. The highest BCUT2D eigenvalue weighted by atomic mass is 32.2. The molecule has 6 heteroatoms. The quantitative estimate of drug-likeness (QED) is 0.373. The summed E-state index contributed by atoms with van der Waals surface area (Å²) in [5, 5.41) is 11.0. The number of ether oxygens (including phenoxy) is 1. The molecule has 2 aromatic rings. The molecular formula is C20H20O5S. The van der Waals surface area contributed by atoms with Gasteiger partial charge in [-0.25, -0.2) is 13.2 Å². The molecule has 0 aliphatic heterocycles. The number of carbonyl (C=O) groups is 1. The number of methoxy groups -OCH3 is 1. The maximum absolute atomic E-state index is 12.8. The summed E-state index contributed by atoms with van der Waals surface area (Å²) in [6, 6.07) is 14.9. The van der Waals surface area contributed by atoms with Crippen molar-refractivity contribution >= 4 is 21.4 Å². The Morgan fingerprint density at radius 1 is 1.04 bits per heavy atom. The van der Waals surface area contributed by atoms with Crippen LogP contribution in [0.5, 0.6) is 0 Å². The highest BCUT2D eigenvalue weighted by Gasteiger charge is 2.23. The molecule has 26 heavy (non-hydrogen) atoms. The van der Waals surface area contributed by atoms with E-state index in [-0.39, 0.29) is 21.8 Å². The van der Waals surface area contributed by atoms with Crippen LogP contribution in [0.3, 0.4) is 0 Å². The molecule has 0 saturated carbocycles. The Balaban J connectivity index is 2.72. The van der Waals surface area contributed by atoms with Crippen molar-refractivity contribution in [1.82, 2.24) is 0 Å². The lowest BCUT2D eigenvalue weighted by Gasteiger charge is -2.12. The van der Waals surface area contributed by atoms with E-state index in [1.165, 1.54) is 26.2 Å². The Morgan fingerprint density at radius 3 is 2.12 bits per heavy atom. The Labute approximate surface area is 153 Å². The van der Waals surface area contributed by atoms with Crippen LogP contribution in [0.25, 0.3) is 5.57 Å². The van der Waals surface area contributed by atoms with Crippen LogP contribution < -0.4 is 0 Å². The lowest BCUT2D eigenvalue weighted by molar-refractivity contribution is -0.135. The van der Waals surface area contributed by atoms with Gasteiger partial charge in [0.25, 0.3) is 0 Å². The van der Waals surface area contributed by atoms with Crippen molar-refractivity contribution in [2.24, 2.45) is 0 Å². The topological polar surface area (TPSA) is 80.7 Å². The fourth-order valence-electron chi connectivity index (χ4n) is 2.39. The largest absolute Gasteiger partial charge is 0.512 e. The van der Waals surface area contributed by atoms with Gasteiger partial charge in [0, 0.05) is 11.0 Å². The first-order valence-corrected chi connectivity index (χ1v) is 9.38. The summed E-state index contributed by atoms with van der Waals surface area (Å²) in [6.07, 6.45) is 0. The highest BCUT2D eigenvalue weighted by Crippen LogP contribution is 2.29. The summed E-state index contributed by atoms with van der Waals surface area (Å²) < 4.78 is 30.4. The zero-order valence-corrected chi connectivity index (χ0v) is 15.6. The number of esters is 1. The molecule has 0 fully saturated rings. The van der Waals surface area contributed by atoms with Crippen molar-refractivity contribution in [2.75, 3.05) is 7.11 Å². The smallest absolute Gasteiger partial charge is 0.341 e. The van der Waals surface area contributed by atoms with Crippen LogP contribution in [0, 0.1) is 6.92 Å². The SMILES string of the molecule is COC(=O)C(/C(=C\S(=O)(=O)c1ccc(C)cc1)c1ccccc1)=C(/C)O. The van der Waals surface area contributed by atoms with Crippen molar-refractivity contribution in [3.63, 3.8) is 0 Å². The van der Waals surface area contributed by atoms with E-state index in [0.717, 1.165) is 11.0 Å². The molecule has 0 amide bonds. The number of aliphatic hydroxyl groups excluding tert-OH is 1.